The molecule has 3 rings (SSSR count). The molecule has 1 N–H and O–H groups in total. The second-order valence-electron chi connectivity index (χ2n) is 6.75. The summed E-state index contributed by atoms with van der Waals surface area (Å²) in [7, 11) is 3.86. The van der Waals surface area contributed by atoms with E-state index in [-0.39, 0.29) is 11.9 Å². The molecule has 0 bridgehead atoms. The fourth-order valence-electron chi connectivity index (χ4n) is 3.01. The Morgan fingerprint density at radius 1 is 1.19 bits per heavy atom. The van der Waals surface area contributed by atoms with Crippen LogP contribution in [0.1, 0.15) is 22.3 Å². The third-order valence-electron chi connectivity index (χ3n) is 4.57. The van der Waals surface area contributed by atoms with Crippen molar-refractivity contribution in [2.24, 2.45) is 0 Å². The number of nitrogens with one attached hydrogen (secondary N) is 1. The highest BCUT2D eigenvalue weighted by Crippen LogP contribution is 2.30. The van der Waals surface area contributed by atoms with Crippen molar-refractivity contribution < 1.29 is 18.0 Å². The predicted molar refractivity (Wildman–Crippen MR) is 98.1 cm³/mol. The summed E-state index contributed by atoms with van der Waals surface area (Å²) in [4.78, 5) is 20.1. The van der Waals surface area contributed by atoms with E-state index in [1.807, 2.05) is 36.0 Å². The Bertz CT molecular complexity index is 788. The molecule has 1 saturated heterocycles. The maximum Gasteiger partial charge on any atom is 0.417 e. The van der Waals surface area contributed by atoms with Gasteiger partial charge in [-0.05, 0) is 42.8 Å². The molecule has 1 aliphatic heterocycles. The van der Waals surface area contributed by atoms with Crippen molar-refractivity contribution in [2.75, 3.05) is 37.0 Å². The molecule has 8 heteroatoms. The predicted octanol–water partition coefficient (Wildman–Crippen LogP) is 3.18. The van der Waals surface area contributed by atoms with Crippen molar-refractivity contribution in [1.29, 1.82) is 0 Å². The Morgan fingerprint density at radius 3 is 2.44 bits per heavy atom. The van der Waals surface area contributed by atoms with Gasteiger partial charge in [-0.1, -0.05) is 0 Å². The SMILES string of the molecule is CN(C)c1ccc(C(=O)NC2CCN(c3ccc(C(F)(F)F)cn3)C2)cc1. The number of pyridine rings is 1. The quantitative estimate of drug-likeness (QED) is 0.888. The van der Waals surface area contributed by atoms with Crippen molar-refractivity contribution in [1.82, 2.24) is 10.3 Å². The van der Waals surface area contributed by atoms with E-state index < -0.39 is 11.7 Å². The number of carbonyl (C=O) groups is 1. The molecule has 0 aliphatic carbocycles. The number of nitrogens with zero attached hydrogens (tertiary/aromatic N) is 3. The van der Waals surface area contributed by atoms with Crippen LogP contribution in [0.5, 0.6) is 0 Å². The highest BCUT2D eigenvalue weighted by Gasteiger charge is 2.31. The first-order chi connectivity index (χ1) is 12.7. The minimum absolute atomic E-state index is 0.0740. The zero-order valence-electron chi connectivity index (χ0n) is 15.1. The summed E-state index contributed by atoms with van der Waals surface area (Å²) in [6.07, 6.45) is -2.84. The van der Waals surface area contributed by atoms with Gasteiger partial charge < -0.3 is 15.1 Å². The van der Waals surface area contributed by atoms with Crippen molar-refractivity contribution in [3.05, 3.63) is 53.7 Å². The summed E-state index contributed by atoms with van der Waals surface area (Å²) in [6, 6.07) is 9.62. The van der Waals surface area contributed by atoms with Crippen LogP contribution in [0, 0.1) is 0 Å². The normalized spacial score (nSPS) is 17.1. The van der Waals surface area contributed by atoms with Gasteiger partial charge in [-0.15, -0.1) is 0 Å². The Labute approximate surface area is 155 Å². The van der Waals surface area contributed by atoms with E-state index in [2.05, 4.69) is 10.3 Å². The van der Waals surface area contributed by atoms with Crippen molar-refractivity contribution in [3.8, 4) is 0 Å². The zero-order chi connectivity index (χ0) is 19.6. The Hall–Kier alpha value is -2.77. The third-order valence-corrected chi connectivity index (χ3v) is 4.57. The van der Waals surface area contributed by atoms with E-state index in [0.717, 1.165) is 18.0 Å². The molecule has 0 radical (unpaired) electrons. The number of halogens is 3. The Kier molecular flexibility index (Phi) is 5.25. The van der Waals surface area contributed by atoms with Gasteiger partial charge in [-0.3, -0.25) is 4.79 Å². The fourth-order valence-corrected chi connectivity index (χ4v) is 3.01. The van der Waals surface area contributed by atoms with Crippen LogP contribution in [-0.2, 0) is 6.18 Å². The van der Waals surface area contributed by atoms with E-state index in [9.17, 15) is 18.0 Å². The number of benzene rings is 1. The highest BCUT2D eigenvalue weighted by atomic mass is 19.4. The molecule has 1 amide bonds. The van der Waals surface area contributed by atoms with Gasteiger partial charge in [0.1, 0.15) is 5.82 Å². The number of alkyl halides is 3. The molecular formula is C19H21F3N4O. The van der Waals surface area contributed by atoms with Gasteiger partial charge in [0.15, 0.2) is 0 Å². The largest absolute Gasteiger partial charge is 0.417 e. The molecule has 1 atom stereocenters. The molecule has 144 valence electrons. The van der Waals surface area contributed by atoms with Crippen LogP contribution >= 0.6 is 0 Å². The van der Waals surface area contributed by atoms with Gasteiger partial charge in [0.05, 0.1) is 5.56 Å². The van der Waals surface area contributed by atoms with Crippen molar-refractivity contribution in [3.63, 3.8) is 0 Å². The number of aromatic nitrogens is 1. The number of rotatable bonds is 4. The molecule has 1 aromatic heterocycles. The van der Waals surface area contributed by atoms with Gasteiger partial charge in [0, 0.05) is 50.7 Å². The van der Waals surface area contributed by atoms with Gasteiger partial charge in [0.2, 0.25) is 0 Å². The van der Waals surface area contributed by atoms with E-state index >= 15 is 0 Å². The molecule has 0 spiro atoms. The van der Waals surface area contributed by atoms with Crippen LogP contribution in [0.25, 0.3) is 0 Å². The van der Waals surface area contributed by atoms with Crippen LogP contribution in [0.4, 0.5) is 24.7 Å². The lowest BCUT2D eigenvalue weighted by atomic mass is 10.1. The number of anilines is 2. The Balaban J connectivity index is 1.58. The van der Waals surface area contributed by atoms with E-state index in [0.29, 0.717) is 30.9 Å². The summed E-state index contributed by atoms with van der Waals surface area (Å²) in [5, 5.41) is 2.98. The summed E-state index contributed by atoms with van der Waals surface area (Å²) in [5.74, 6) is 0.322. The monoisotopic (exact) mass is 378 g/mol. The molecule has 27 heavy (non-hydrogen) atoms. The second kappa shape index (κ2) is 7.46. The molecule has 2 aromatic rings. The molecule has 2 heterocycles. The van der Waals surface area contributed by atoms with Crippen LogP contribution in [0.2, 0.25) is 0 Å². The summed E-state index contributed by atoms with van der Waals surface area (Å²) in [5.41, 5.74) is 0.815. The average Bonchev–Trinajstić information content (AvgIpc) is 3.09. The minimum atomic E-state index is -4.39. The van der Waals surface area contributed by atoms with E-state index in [1.165, 1.54) is 6.07 Å². The second-order valence-corrected chi connectivity index (χ2v) is 6.75. The standard InChI is InChI=1S/C19H21F3N4O/c1-25(2)16-6-3-13(4-7-16)18(27)24-15-9-10-26(12-15)17-8-5-14(11-23-17)19(20,21)22/h3-8,11,15H,9-10,12H2,1-2H3,(H,24,27). The summed E-state index contributed by atoms with van der Waals surface area (Å²) in [6.45, 7) is 1.14. The molecule has 0 saturated carbocycles. The van der Waals surface area contributed by atoms with Gasteiger partial charge in [-0.25, -0.2) is 4.98 Å². The number of carbonyl (C=O) groups excluding carboxylic acids is 1. The summed E-state index contributed by atoms with van der Waals surface area (Å²) < 4.78 is 37.9. The topological polar surface area (TPSA) is 48.5 Å². The van der Waals surface area contributed by atoms with Crippen molar-refractivity contribution in [2.45, 2.75) is 18.6 Å². The van der Waals surface area contributed by atoms with Crippen LogP contribution < -0.4 is 15.1 Å². The fraction of sp³-hybridized carbons (Fsp3) is 0.368. The molecule has 1 unspecified atom stereocenters. The van der Waals surface area contributed by atoms with Crippen LogP contribution in [-0.4, -0.2) is 44.1 Å². The van der Waals surface area contributed by atoms with Gasteiger partial charge in [-0.2, -0.15) is 13.2 Å². The minimum Gasteiger partial charge on any atom is -0.378 e. The summed E-state index contributed by atoms with van der Waals surface area (Å²) >= 11 is 0. The lowest BCUT2D eigenvalue weighted by molar-refractivity contribution is -0.137. The first-order valence-electron chi connectivity index (χ1n) is 8.60. The number of amides is 1. The lowest BCUT2D eigenvalue weighted by Gasteiger charge is -2.19. The smallest absolute Gasteiger partial charge is 0.378 e. The molecular weight excluding hydrogens is 357 g/mol. The third kappa shape index (κ3) is 4.50. The first kappa shape index (κ1) is 19.0. The van der Waals surface area contributed by atoms with Crippen LogP contribution in [0.15, 0.2) is 42.6 Å². The van der Waals surface area contributed by atoms with Crippen molar-refractivity contribution >= 4 is 17.4 Å². The molecule has 1 aromatic carbocycles. The maximum atomic E-state index is 12.6. The Morgan fingerprint density at radius 2 is 1.89 bits per heavy atom. The van der Waals surface area contributed by atoms with E-state index in [4.69, 9.17) is 0 Å². The van der Waals surface area contributed by atoms with E-state index in [1.54, 1.807) is 12.1 Å². The van der Waals surface area contributed by atoms with Gasteiger partial charge in [0.25, 0.3) is 5.91 Å². The van der Waals surface area contributed by atoms with Gasteiger partial charge >= 0.3 is 6.18 Å². The average molecular weight is 378 g/mol. The highest BCUT2D eigenvalue weighted by molar-refractivity contribution is 5.94. The molecule has 1 aliphatic rings. The molecule has 5 nitrogen and oxygen atoms in total. The first-order valence-corrected chi connectivity index (χ1v) is 8.60. The molecule has 1 fully saturated rings. The number of hydrogen-bond acceptors (Lipinski definition) is 4. The zero-order valence-corrected chi connectivity index (χ0v) is 15.1. The van der Waals surface area contributed by atoms with Crippen LogP contribution in [0.3, 0.4) is 0 Å². The lowest BCUT2D eigenvalue weighted by Crippen LogP contribution is -2.37. The number of hydrogen-bond donors (Lipinski definition) is 1. The maximum absolute atomic E-state index is 12.6.